The number of rotatable bonds is 4. The Morgan fingerprint density at radius 1 is 1.05 bits per heavy atom. The largest absolute Gasteiger partial charge is 0.496 e. The summed E-state index contributed by atoms with van der Waals surface area (Å²) in [6.07, 6.45) is 0. The van der Waals surface area contributed by atoms with E-state index in [4.69, 9.17) is 15.2 Å². The van der Waals surface area contributed by atoms with Crippen molar-refractivity contribution in [3.05, 3.63) is 53.6 Å². The quantitative estimate of drug-likeness (QED) is 0.905. The molecule has 2 aromatic carbocycles. The average molecular weight is 257 g/mol. The van der Waals surface area contributed by atoms with E-state index in [0.717, 1.165) is 28.4 Å². The maximum atomic E-state index is 6.01. The van der Waals surface area contributed by atoms with Crippen LogP contribution in [0.15, 0.2) is 42.5 Å². The summed E-state index contributed by atoms with van der Waals surface area (Å²) in [4.78, 5) is 0. The molecule has 0 aliphatic rings. The van der Waals surface area contributed by atoms with E-state index < -0.39 is 0 Å². The molecule has 0 radical (unpaired) electrons. The molecule has 19 heavy (non-hydrogen) atoms. The minimum Gasteiger partial charge on any atom is -0.496 e. The predicted octanol–water partition coefficient (Wildman–Crippen LogP) is 3.82. The Balaban J connectivity index is 2.39. The zero-order valence-corrected chi connectivity index (χ0v) is 11.5. The van der Waals surface area contributed by atoms with Crippen molar-refractivity contribution in [3.63, 3.8) is 0 Å². The van der Waals surface area contributed by atoms with Gasteiger partial charge in [0.15, 0.2) is 0 Å². The Morgan fingerprint density at radius 2 is 1.74 bits per heavy atom. The number of nitrogens with two attached hydrogens (primary N) is 1. The minimum absolute atomic E-state index is 0.157. The number of hydrogen-bond acceptors (Lipinski definition) is 3. The van der Waals surface area contributed by atoms with E-state index >= 15 is 0 Å². The fraction of sp³-hybridized carbons (Fsp3) is 0.250. The molecular weight excluding hydrogens is 238 g/mol. The van der Waals surface area contributed by atoms with Gasteiger partial charge in [-0.15, -0.1) is 0 Å². The van der Waals surface area contributed by atoms with Crippen LogP contribution in [0, 0.1) is 6.92 Å². The lowest BCUT2D eigenvalue weighted by Gasteiger charge is -2.17. The lowest BCUT2D eigenvalue weighted by atomic mass is 10.1. The molecule has 2 rings (SSSR count). The molecule has 0 bridgehead atoms. The molecule has 0 aliphatic carbocycles. The molecule has 1 unspecified atom stereocenters. The Hall–Kier alpha value is -2.00. The SMILES string of the molecule is COc1cccc(Oc2cccc(C)c2)c1C(C)N. The van der Waals surface area contributed by atoms with Gasteiger partial charge in [0.05, 0.1) is 12.7 Å². The maximum Gasteiger partial charge on any atom is 0.135 e. The van der Waals surface area contributed by atoms with Crippen LogP contribution in [-0.2, 0) is 0 Å². The first-order chi connectivity index (χ1) is 9.11. The molecule has 1 atom stereocenters. The zero-order valence-electron chi connectivity index (χ0n) is 11.5. The summed E-state index contributed by atoms with van der Waals surface area (Å²) in [5, 5.41) is 0. The molecule has 0 amide bonds. The number of benzene rings is 2. The molecule has 3 nitrogen and oxygen atoms in total. The first-order valence-electron chi connectivity index (χ1n) is 6.29. The second kappa shape index (κ2) is 5.76. The van der Waals surface area contributed by atoms with E-state index in [0.29, 0.717) is 0 Å². The maximum absolute atomic E-state index is 6.01. The molecule has 0 saturated heterocycles. The summed E-state index contributed by atoms with van der Waals surface area (Å²) in [7, 11) is 1.64. The standard InChI is InChI=1S/C16H19NO2/c1-11-6-4-7-13(10-11)19-15-9-5-8-14(18-3)16(15)12(2)17/h4-10,12H,17H2,1-3H3. The highest BCUT2D eigenvalue weighted by Crippen LogP contribution is 2.35. The molecule has 0 saturated carbocycles. The van der Waals surface area contributed by atoms with Crippen LogP contribution >= 0.6 is 0 Å². The van der Waals surface area contributed by atoms with Gasteiger partial charge >= 0.3 is 0 Å². The van der Waals surface area contributed by atoms with Gasteiger partial charge in [-0.1, -0.05) is 18.2 Å². The van der Waals surface area contributed by atoms with E-state index in [1.54, 1.807) is 7.11 Å². The second-order valence-corrected chi connectivity index (χ2v) is 4.58. The van der Waals surface area contributed by atoms with E-state index in [9.17, 15) is 0 Å². The van der Waals surface area contributed by atoms with Crippen molar-refractivity contribution in [2.24, 2.45) is 5.73 Å². The van der Waals surface area contributed by atoms with Crippen molar-refractivity contribution in [2.45, 2.75) is 19.9 Å². The molecule has 0 aromatic heterocycles. The topological polar surface area (TPSA) is 44.5 Å². The van der Waals surface area contributed by atoms with Gasteiger partial charge in [0.1, 0.15) is 17.2 Å². The predicted molar refractivity (Wildman–Crippen MR) is 76.8 cm³/mol. The normalized spacial score (nSPS) is 12.0. The van der Waals surface area contributed by atoms with E-state index in [-0.39, 0.29) is 6.04 Å². The van der Waals surface area contributed by atoms with Gasteiger partial charge < -0.3 is 15.2 Å². The Morgan fingerprint density at radius 3 is 2.37 bits per heavy atom. The molecule has 0 spiro atoms. The van der Waals surface area contributed by atoms with Crippen LogP contribution in [-0.4, -0.2) is 7.11 Å². The highest BCUT2D eigenvalue weighted by Gasteiger charge is 2.14. The van der Waals surface area contributed by atoms with Crippen molar-refractivity contribution in [2.75, 3.05) is 7.11 Å². The Kier molecular flexibility index (Phi) is 4.07. The van der Waals surface area contributed by atoms with Gasteiger partial charge in [-0.05, 0) is 43.7 Å². The minimum atomic E-state index is -0.157. The van der Waals surface area contributed by atoms with Crippen LogP contribution in [0.25, 0.3) is 0 Å². The van der Waals surface area contributed by atoms with Gasteiger partial charge in [0.25, 0.3) is 0 Å². The van der Waals surface area contributed by atoms with Crippen molar-refractivity contribution < 1.29 is 9.47 Å². The number of hydrogen-bond donors (Lipinski definition) is 1. The first kappa shape index (κ1) is 13.4. The van der Waals surface area contributed by atoms with Crippen LogP contribution in [0.2, 0.25) is 0 Å². The zero-order chi connectivity index (χ0) is 13.8. The molecule has 2 aromatic rings. The van der Waals surface area contributed by atoms with Crippen LogP contribution in [0.5, 0.6) is 17.2 Å². The molecule has 0 aliphatic heterocycles. The van der Waals surface area contributed by atoms with Crippen molar-refractivity contribution in [1.82, 2.24) is 0 Å². The molecule has 2 N–H and O–H groups in total. The monoisotopic (exact) mass is 257 g/mol. The summed E-state index contributed by atoms with van der Waals surface area (Å²) in [6.45, 7) is 3.95. The molecule has 0 heterocycles. The lowest BCUT2D eigenvalue weighted by molar-refractivity contribution is 0.397. The highest BCUT2D eigenvalue weighted by atomic mass is 16.5. The Bertz CT molecular complexity index is 564. The molecule has 0 fully saturated rings. The Labute approximate surface area is 114 Å². The molecule has 3 heteroatoms. The fourth-order valence-corrected chi connectivity index (χ4v) is 2.05. The average Bonchev–Trinajstić information content (AvgIpc) is 2.38. The fourth-order valence-electron chi connectivity index (χ4n) is 2.05. The van der Waals surface area contributed by atoms with E-state index in [2.05, 4.69) is 0 Å². The number of methoxy groups -OCH3 is 1. The smallest absolute Gasteiger partial charge is 0.135 e. The summed E-state index contributed by atoms with van der Waals surface area (Å²) < 4.78 is 11.3. The summed E-state index contributed by atoms with van der Waals surface area (Å²) in [5.74, 6) is 2.29. The molecule has 100 valence electrons. The van der Waals surface area contributed by atoms with Crippen molar-refractivity contribution in [1.29, 1.82) is 0 Å². The number of aryl methyl sites for hydroxylation is 1. The van der Waals surface area contributed by atoms with Crippen molar-refractivity contribution in [3.8, 4) is 17.2 Å². The lowest BCUT2D eigenvalue weighted by Crippen LogP contribution is -2.08. The molecular formula is C16H19NO2. The van der Waals surface area contributed by atoms with Crippen LogP contribution < -0.4 is 15.2 Å². The highest BCUT2D eigenvalue weighted by molar-refractivity contribution is 5.48. The summed E-state index contributed by atoms with van der Waals surface area (Å²) >= 11 is 0. The van der Waals surface area contributed by atoms with Crippen LogP contribution in [0.1, 0.15) is 24.1 Å². The van der Waals surface area contributed by atoms with Gasteiger partial charge in [-0.3, -0.25) is 0 Å². The van der Waals surface area contributed by atoms with E-state index in [1.165, 1.54) is 0 Å². The van der Waals surface area contributed by atoms with E-state index in [1.807, 2.05) is 56.3 Å². The van der Waals surface area contributed by atoms with Gasteiger partial charge in [0.2, 0.25) is 0 Å². The van der Waals surface area contributed by atoms with Crippen LogP contribution in [0.3, 0.4) is 0 Å². The van der Waals surface area contributed by atoms with Crippen LogP contribution in [0.4, 0.5) is 0 Å². The van der Waals surface area contributed by atoms with Gasteiger partial charge in [-0.2, -0.15) is 0 Å². The summed E-state index contributed by atoms with van der Waals surface area (Å²) in [6, 6.07) is 13.5. The first-order valence-corrected chi connectivity index (χ1v) is 6.29. The second-order valence-electron chi connectivity index (χ2n) is 4.58. The third-order valence-electron chi connectivity index (χ3n) is 2.92. The third-order valence-corrected chi connectivity index (χ3v) is 2.92. The van der Waals surface area contributed by atoms with Gasteiger partial charge in [0, 0.05) is 6.04 Å². The number of ether oxygens (including phenoxy) is 2. The third kappa shape index (κ3) is 3.06. The van der Waals surface area contributed by atoms with Crippen molar-refractivity contribution >= 4 is 0 Å². The van der Waals surface area contributed by atoms with Gasteiger partial charge in [-0.25, -0.2) is 0 Å². The summed E-state index contributed by atoms with van der Waals surface area (Å²) in [5.41, 5.74) is 8.05.